The summed E-state index contributed by atoms with van der Waals surface area (Å²) in [5.41, 5.74) is 3.81. The lowest BCUT2D eigenvalue weighted by Crippen LogP contribution is -2.29. The number of carboxylic acid groups (broad SMARTS) is 1. The van der Waals surface area contributed by atoms with Gasteiger partial charge in [0.1, 0.15) is 12.4 Å². The number of ether oxygens (including phenoxy) is 1. The fraction of sp³-hybridized carbons (Fsp3) is 0.174. The summed E-state index contributed by atoms with van der Waals surface area (Å²) in [6.45, 7) is 0.824. The molecule has 0 spiro atoms. The average molecular weight is 430 g/mol. The molecule has 29 heavy (non-hydrogen) atoms. The van der Waals surface area contributed by atoms with Crippen molar-refractivity contribution in [1.29, 1.82) is 0 Å². The van der Waals surface area contributed by atoms with Crippen molar-refractivity contribution < 1.29 is 14.6 Å². The number of benzene rings is 3. The number of hydrogen-bond donors (Lipinski definition) is 1. The molecule has 0 fully saturated rings. The molecule has 0 saturated carbocycles. The number of likely N-dealkylation sites (N-methyl/N-ethyl adjacent to an activating group) is 1. The largest absolute Gasteiger partial charge is 0.492 e. The predicted molar refractivity (Wildman–Crippen MR) is 118 cm³/mol. The number of carboxylic acids is 1. The summed E-state index contributed by atoms with van der Waals surface area (Å²) < 4.78 is 5.99. The van der Waals surface area contributed by atoms with Gasteiger partial charge in [-0.1, -0.05) is 59.6 Å². The van der Waals surface area contributed by atoms with E-state index in [2.05, 4.69) is 0 Å². The number of halogens is 2. The lowest BCUT2D eigenvalue weighted by Gasteiger charge is -2.17. The Morgan fingerprint density at radius 1 is 0.966 bits per heavy atom. The Kier molecular flexibility index (Phi) is 7.15. The van der Waals surface area contributed by atoms with Crippen molar-refractivity contribution in [3.05, 3.63) is 76.8 Å². The van der Waals surface area contributed by atoms with Crippen molar-refractivity contribution >= 4 is 29.2 Å². The first-order valence-electron chi connectivity index (χ1n) is 9.12. The van der Waals surface area contributed by atoms with Gasteiger partial charge in [0, 0.05) is 27.7 Å². The van der Waals surface area contributed by atoms with E-state index in [1.54, 1.807) is 11.9 Å². The topological polar surface area (TPSA) is 49.8 Å². The minimum Gasteiger partial charge on any atom is -0.492 e. The van der Waals surface area contributed by atoms with Crippen LogP contribution in [0.2, 0.25) is 10.0 Å². The molecule has 0 aliphatic heterocycles. The third-order valence-corrected chi connectivity index (χ3v) is 5.04. The van der Waals surface area contributed by atoms with Crippen molar-refractivity contribution in [2.24, 2.45) is 0 Å². The molecule has 0 aliphatic rings. The lowest BCUT2D eigenvalue weighted by atomic mass is 9.98. The summed E-state index contributed by atoms with van der Waals surface area (Å²) in [4.78, 5) is 12.5. The van der Waals surface area contributed by atoms with Crippen LogP contribution < -0.4 is 4.74 Å². The number of aliphatic carboxylic acids is 1. The van der Waals surface area contributed by atoms with Gasteiger partial charge in [0.05, 0.1) is 6.54 Å². The first kappa shape index (κ1) is 21.2. The second-order valence-electron chi connectivity index (χ2n) is 6.68. The molecule has 0 saturated heterocycles. The SMILES string of the molecule is CN(CCOc1ccc(-c2ccc(Cl)cc2)cc1-c1ccccc1Cl)CC(=O)O. The van der Waals surface area contributed by atoms with Gasteiger partial charge in [-0.2, -0.15) is 0 Å². The van der Waals surface area contributed by atoms with Gasteiger partial charge in [0.2, 0.25) is 0 Å². The van der Waals surface area contributed by atoms with E-state index in [1.165, 1.54) is 0 Å². The Balaban J connectivity index is 1.90. The van der Waals surface area contributed by atoms with Crippen LogP contribution in [0.3, 0.4) is 0 Å². The predicted octanol–water partition coefficient (Wildman–Crippen LogP) is 5.72. The van der Waals surface area contributed by atoms with Crippen molar-refractivity contribution in [3.63, 3.8) is 0 Å². The van der Waals surface area contributed by atoms with Crippen LogP contribution in [0.4, 0.5) is 0 Å². The molecule has 0 radical (unpaired) electrons. The van der Waals surface area contributed by atoms with Crippen molar-refractivity contribution in [1.82, 2.24) is 4.90 Å². The normalized spacial score (nSPS) is 10.9. The molecule has 0 aromatic heterocycles. The zero-order valence-electron chi connectivity index (χ0n) is 15.9. The van der Waals surface area contributed by atoms with E-state index in [0.717, 1.165) is 22.3 Å². The molecule has 0 atom stereocenters. The summed E-state index contributed by atoms with van der Waals surface area (Å²) in [6, 6.07) is 21.2. The highest BCUT2D eigenvalue weighted by Crippen LogP contribution is 2.38. The molecule has 0 unspecified atom stereocenters. The maximum absolute atomic E-state index is 10.8. The van der Waals surface area contributed by atoms with Gasteiger partial charge in [0.15, 0.2) is 0 Å². The van der Waals surface area contributed by atoms with E-state index in [4.69, 9.17) is 33.0 Å². The Bertz CT molecular complexity index is 990. The molecule has 3 rings (SSSR count). The Morgan fingerprint density at radius 3 is 2.34 bits per heavy atom. The Hall–Kier alpha value is -2.53. The van der Waals surface area contributed by atoms with Crippen molar-refractivity contribution in [2.75, 3.05) is 26.7 Å². The van der Waals surface area contributed by atoms with Crippen LogP contribution in [0.15, 0.2) is 66.7 Å². The van der Waals surface area contributed by atoms with Gasteiger partial charge in [-0.3, -0.25) is 9.69 Å². The van der Waals surface area contributed by atoms with Crippen LogP contribution in [0, 0.1) is 0 Å². The van der Waals surface area contributed by atoms with E-state index in [1.807, 2.05) is 66.7 Å². The average Bonchev–Trinajstić information content (AvgIpc) is 2.69. The highest BCUT2D eigenvalue weighted by Gasteiger charge is 2.13. The third-order valence-electron chi connectivity index (χ3n) is 4.46. The molecule has 0 aliphatic carbocycles. The second kappa shape index (κ2) is 9.79. The fourth-order valence-corrected chi connectivity index (χ4v) is 3.35. The van der Waals surface area contributed by atoms with Crippen LogP contribution in [0.5, 0.6) is 5.75 Å². The van der Waals surface area contributed by atoms with Crippen LogP contribution in [-0.2, 0) is 4.79 Å². The second-order valence-corrected chi connectivity index (χ2v) is 7.52. The molecule has 0 amide bonds. The highest BCUT2D eigenvalue weighted by molar-refractivity contribution is 6.33. The molecular formula is C23H21Cl2NO3. The minimum atomic E-state index is -0.864. The van der Waals surface area contributed by atoms with Gasteiger partial charge >= 0.3 is 5.97 Å². The van der Waals surface area contributed by atoms with Gasteiger partial charge in [-0.25, -0.2) is 0 Å². The Labute approximate surface area is 180 Å². The molecule has 0 bridgehead atoms. The molecule has 1 N–H and O–H groups in total. The maximum atomic E-state index is 10.8. The molecule has 4 nitrogen and oxygen atoms in total. The number of carbonyl (C=O) groups is 1. The summed E-state index contributed by atoms with van der Waals surface area (Å²) in [5, 5.41) is 10.2. The summed E-state index contributed by atoms with van der Waals surface area (Å²) >= 11 is 12.5. The van der Waals surface area contributed by atoms with Gasteiger partial charge in [-0.05, 0) is 48.5 Å². The van der Waals surface area contributed by atoms with E-state index in [0.29, 0.717) is 28.9 Å². The number of hydrogen-bond acceptors (Lipinski definition) is 3. The van der Waals surface area contributed by atoms with Gasteiger partial charge in [-0.15, -0.1) is 0 Å². The zero-order chi connectivity index (χ0) is 20.8. The zero-order valence-corrected chi connectivity index (χ0v) is 17.5. The van der Waals surface area contributed by atoms with Crippen LogP contribution in [0.25, 0.3) is 22.3 Å². The van der Waals surface area contributed by atoms with Crippen molar-refractivity contribution in [2.45, 2.75) is 0 Å². The third kappa shape index (κ3) is 5.73. The highest BCUT2D eigenvalue weighted by atomic mass is 35.5. The van der Waals surface area contributed by atoms with E-state index in [9.17, 15) is 4.79 Å². The molecular weight excluding hydrogens is 409 g/mol. The standard InChI is InChI=1S/C23H21Cl2NO3/c1-26(15-23(27)28)12-13-29-22-11-8-17(16-6-9-18(24)10-7-16)14-20(22)19-4-2-3-5-21(19)25/h2-11,14H,12-13,15H2,1H3,(H,27,28). The fourth-order valence-electron chi connectivity index (χ4n) is 2.99. The smallest absolute Gasteiger partial charge is 0.317 e. The van der Waals surface area contributed by atoms with E-state index >= 15 is 0 Å². The minimum absolute atomic E-state index is 0.0315. The van der Waals surface area contributed by atoms with Gasteiger partial charge < -0.3 is 9.84 Å². The van der Waals surface area contributed by atoms with E-state index in [-0.39, 0.29) is 6.54 Å². The van der Waals surface area contributed by atoms with E-state index < -0.39 is 5.97 Å². The Morgan fingerprint density at radius 2 is 1.66 bits per heavy atom. The molecule has 3 aromatic rings. The monoisotopic (exact) mass is 429 g/mol. The summed E-state index contributed by atoms with van der Waals surface area (Å²) in [6.07, 6.45) is 0. The van der Waals surface area contributed by atoms with Crippen LogP contribution in [-0.4, -0.2) is 42.7 Å². The first-order chi connectivity index (χ1) is 13.9. The van der Waals surface area contributed by atoms with Crippen molar-refractivity contribution in [3.8, 4) is 28.0 Å². The molecule has 0 heterocycles. The van der Waals surface area contributed by atoms with Gasteiger partial charge in [0.25, 0.3) is 0 Å². The number of rotatable bonds is 8. The molecule has 150 valence electrons. The lowest BCUT2D eigenvalue weighted by molar-refractivity contribution is -0.138. The quantitative estimate of drug-likeness (QED) is 0.497. The van der Waals surface area contributed by atoms with Crippen LogP contribution >= 0.6 is 23.2 Å². The molecule has 3 aromatic carbocycles. The van der Waals surface area contributed by atoms with Crippen LogP contribution in [0.1, 0.15) is 0 Å². The summed E-state index contributed by atoms with van der Waals surface area (Å²) in [5.74, 6) is -0.170. The summed E-state index contributed by atoms with van der Waals surface area (Å²) in [7, 11) is 1.75. The first-order valence-corrected chi connectivity index (χ1v) is 9.87. The number of nitrogens with zero attached hydrogens (tertiary/aromatic N) is 1. The molecule has 6 heteroatoms. The maximum Gasteiger partial charge on any atom is 0.317 e.